The molecule has 2 nitrogen and oxygen atoms in total. The lowest BCUT2D eigenvalue weighted by Gasteiger charge is -2.35. The van der Waals surface area contributed by atoms with E-state index in [4.69, 9.17) is 0 Å². The molecule has 0 spiro atoms. The van der Waals surface area contributed by atoms with Crippen molar-refractivity contribution in [2.45, 2.75) is 31.8 Å². The predicted molar refractivity (Wildman–Crippen MR) is 101 cm³/mol. The first kappa shape index (κ1) is 16.8. The smallest absolute Gasteiger partial charge is 0.121 e. The molecule has 2 unspecified atom stereocenters. The molecule has 0 aliphatic carbocycles. The molecule has 1 N–H and O–H groups in total. The molecule has 2 heteroatoms. The van der Waals surface area contributed by atoms with Crippen molar-refractivity contribution in [3.63, 3.8) is 0 Å². The van der Waals surface area contributed by atoms with E-state index < -0.39 is 5.60 Å². The van der Waals surface area contributed by atoms with Crippen LogP contribution in [0.15, 0.2) is 67.3 Å². The summed E-state index contributed by atoms with van der Waals surface area (Å²) in [5.74, 6) is -0.0827. The molecule has 1 fully saturated rings. The van der Waals surface area contributed by atoms with Crippen LogP contribution in [0.4, 0.5) is 5.69 Å². The fourth-order valence-corrected chi connectivity index (χ4v) is 3.63. The number of benzene rings is 2. The lowest BCUT2D eigenvalue weighted by atomic mass is 9.77. The van der Waals surface area contributed by atoms with Gasteiger partial charge in [-0.1, -0.05) is 55.5 Å². The monoisotopic (exact) mass is 321 g/mol. The SMILES string of the molecule is C=CC(C)C(O)(c1ccccc1)c1ccc(N2CCCCC2)cc1. The molecule has 24 heavy (non-hydrogen) atoms. The summed E-state index contributed by atoms with van der Waals surface area (Å²) in [6.45, 7) is 8.17. The fraction of sp³-hybridized carbons (Fsp3) is 0.364. The van der Waals surface area contributed by atoms with Gasteiger partial charge in [0.25, 0.3) is 0 Å². The number of aliphatic hydroxyl groups is 1. The van der Waals surface area contributed by atoms with Crippen LogP contribution >= 0.6 is 0 Å². The van der Waals surface area contributed by atoms with Gasteiger partial charge in [0.1, 0.15) is 5.60 Å². The molecule has 1 saturated heterocycles. The van der Waals surface area contributed by atoms with Crippen LogP contribution in [0.25, 0.3) is 0 Å². The van der Waals surface area contributed by atoms with Crippen molar-refractivity contribution in [3.8, 4) is 0 Å². The Morgan fingerprint density at radius 1 is 0.958 bits per heavy atom. The molecular formula is C22H27NO. The number of nitrogens with zero attached hydrogens (tertiary/aromatic N) is 1. The molecule has 0 saturated carbocycles. The number of rotatable bonds is 5. The van der Waals surface area contributed by atoms with Crippen LogP contribution in [-0.2, 0) is 5.60 Å². The Bertz CT molecular complexity index is 658. The first-order valence-corrected chi connectivity index (χ1v) is 8.92. The molecule has 1 heterocycles. The fourth-order valence-electron chi connectivity index (χ4n) is 3.63. The molecule has 1 aliphatic heterocycles. The van der Waals surface area contributed by atoms with Gasteiger partial charge in [0.15, 0.2) is 0 Å². The van der Waals surface area contributed by atoms with Gasteiger partial charge in [-0.05, 0) is 42.5 Å². The molecule has 1 aliphatic rings. The molecule has 0 bridgehead atoms. The molecule has 2 aromatic carbocycles. The van der Waals surface area contributed by atoms with Crippen LogP contribution in [0.2, 0.25) is 0 Å². The second kappa shape index (κ2) is 7.23. The van der Waals surface area contributed by atoms with Gasteiger partial charge in [-0.15, -0.1) is 6.58 Å². The van der Waals surface area contributed by atoms with Crippen molar-refractivity contribution < 1.29 is 5.11 Å². The lowest BCUT2D eigenvalue weighted by Crippen LogP contribution is -2.34. The quantitative estimate of drug-likeness (QED) is 0.804. The maximum atomic E-state index is 11.5. The van der Waals surface area contributed by atoms with Gasteiger partial charge in [-0.25, -0.2) is 0 Å². The minimum atomic E-state index is -1.05. The highest BCUT2D eigenvalue weighted by atomic mass is 16.3. The van der Waals surface area contributed by atoms with Gasteiger partial charge in [0, 0.05) is 24.7 Å². The molecule has 126 valence electrons. The zero-order valence-electron chi connectivity index (χ0n) is 14.5. The van der Waals surface area contributed by atoms with Crippen LogP contribution in [0, 0.1) is 5.92 Å². The third-order valence-corrected chi connectivity index (χ3v) is 5.26. The minimum Gasteiger partial charge on any atom is -0.380 e. The normalized spacial score (nSPS) is 18.7. The van der Waals surface area contributed by atoms with Gasteiger partial charge in [-0.2, -0.15) is 0 Å². The highest BCUT2D eigenvalue weighted by Crippen LogP contribution is 2.38. The van der Waals surface area contributed by atoms with Crippen molar-refractivity contribution in [2.24, 2.45) is 5.92 Å². The van der Waals surface area contributed by atoms with E-state index >= 15 is 0 Å². The predicted octanol–water partition coefficient (Wildman–Crippen LogP) is 4.73. The Morgan fingerprint density at radius 3 is 2.12 bits per heavy atom. The van der Waals surface area contributed by atoms with E-state index in [1.54, 1.807) is 0 Å². The van der Waals surface area contributed by atoms with Crippen LogP contribution in [0.1, 0.15) is 37.3 Å². The third-order valence-electron chi connectivity index (χ3n) is 5.26. The Morgan fingerprint density at radius 2 is 1.54 bits per heavy atom. The highest BCUT2D eigenvalue weighted by Gasteiger charge is 2.36. The van der Waals surface area contributed by atoms with Crippen molar-refractivity contribution >= 4 is 5.69 Å². The van der Waals surface area contributed by atoms with Gasteiger partial charge >= 0.3 is 0 Å². The lowest BCUT2D eigenvalue weighted by molar-refractivity contribution is 0.0436. The minimum absolute atomic E-state index is 0.0827. The second-order valence-corrected chi connectivity index (χ2v) is 6.75. The average molecular weight is 321 g/mol. The van der Waals surface area contributed by atoms with Gasteiger partial charge < -0.3 is 10.0 Å². The number of hydrogen-bond donors (Lipinski definition) is 1. The number of piperidine rings is 1. The van der Waals surface area contributed by atoms with E-state index in [1.807, 2.05) is 43.3 Å². The summed E-state index contributed by atoms with van der Waals surface area (Å²) in [6, 6.07) is 18.3. The molecule has 0 amide bonds. The molecular weight excluding hydrogens is 294 g/mol. The Kier molecular flexibility index (Phi) is 5.06. The summed E-state index contributed by atoms with van der Waals surface area (Å²) in [4.78, 5) is 2.44. The summed E-state index contributed by atoms with van der Waals surface area (Å²) >= 11 is 0. The number of hydrogen-bond acceptors (Lipinski definition) is 2. The molecule has 0 radical (unpaired) electrons. The zero-order chi connectivity index (χ0) is 17.0. The van der Waals surface area contributed by atoms with E-state index in [0.717, 1.165) is 24.2 Å². The van der Waals surface area contributed by atoms with E-state index in [0.29, 0.717) is 0 Å². The summed E-state index contributed by atoms with van der Waals surface area (Å²) in [5.41, 5.74) is 2.02. The van der Waals surface area contributed by atoms with Crippen LogP contribution in [-0.4, -0.2) is 18.2 Å². The van der Waals surface area contributed by atoms with Gasteiger partial charge in [0.2, 0.25) is 0 Å². The maximum absolute atomic E-state index is 11.5. The second-order valence-electron chi connectivity index (χ2n) is 6.75. The van der Waals surface area contributed by atoms with E-state index in [2.05, 4.69) is 35.7 Å². The summed E-state index contributed by atoms with van der Waals surface area (Å²) in [6.07, 6.45) is 5.69. The first-order valence-electron chi connectivity index (χ1n) is 8.92. The van der Waals surface area contributed by atoms with Crippen LogP contribution in [0.5, 0.6) is 0 Å². The highest BCUT2D eigenvalue weighted by molar-refractivity contribution is 5.50. The molecule has 0 aromatic heterocycles. The topological polar surface area (TPSA) is 23.5 Å². The van der Waals surface area contributed by atoms with Crippen LogP contribution in [0.3, 0.4) is 0 Å². The average Bonchev–Trinajstić information content (AvgIpc) is 2.68. The molecule has 3 rings (SSSR count). The maximum Gasteiger partial charge on any atom is 0.121 e. The number of anilines is 1. The third kappa shape index (κ3) is 3.11. The molecule has 2 atom stereocenters. The van der Waals surface area contributed by atoms with Gasteiger partial charge in [-0.3, -0.25) is 0 Å². The first-order chi connectivity index (χ1) is 11.7. The van der Waals surface area contributed by atoms with Crippen molar-refractivity contribution in [1.29, 1.82) is 0 Å². The Balaban J connectivity index is 1.95. The van der Waals surface area contributed by atoms with Crippen molar-refractivity contribution in [1.82, 2.24) is 0 Å². The summed E-state index contributed by atoms with van der Waals surface area (Å²) in [7, 11) is 0. The Hall–Kier alpha value is -2.06. The van der Waals surface area contributed by atoms with Crippen LogP contribution < -0.4 is 4.90 Å². The van der Waals surface area contributed by atoms with Crippen molar-refractivity contribution in [2.75, 3.05) is 18.0 Å². The largest absolute Gasteiger partial charge is 0.380 e. The standard InChI is InChI=1S/C22H27NO/c1-3-18(2)22(24,19-10-6-4-7-11-19)20-12-14-21(15-13-20)23-16-8-5-9-17-23/h3-4,6-7,10-15,18,24H,1,5,8-9,16-17H2,2H3. The van der Waals surface area contributed by atoms with E-state index in [9.17, 15) is 5.11 Å². The van der Waals surface area contributed by atoms with Crippen molar-refractivity contribution in [3.05, 3.63) is 78.4 Å². The molecule has 2 aromatic rings. The summed E-state index contributed by atoms with van der Waals surface area (Å²) < 4.78 is 0. The summed E-state index contributed by atoms with van der Waals surface area (Å²) in [5, 5.41) is 11.5. The van der Waals surface area contributed by atoms with E-state index in [-0.39, 0.29) is 5.92 Å². The van der Waals surface area contributed by atoms with E-state index in [1.165, 1.54) is 24.9 Å². The Labute approximate surface area is 145 Å². The van der Waals surface area contributed by atoms with Gasteiger partial charge in [0.05, 0.1) is 0 Å². The zero-order valence-corrected chi connectivity index (χ0v) is 14.5.